The zero-order valence-corrected chi connectivity index (χ0v) is 17.4. The van der Waals surface area contributed by atoms with Crippen LogP contribution in [0.5, 0.6) is 0 Å². The summed E-state index contributed by atoms with van der Waals surface area (Å²) in [5.74, 6) is 5.55. The summed E-state index contributed by atoms with van der Waals surface area (Å²) >= 11 is 10.2. The average molecular weight is 514 g/mol. The number of amides is 2. The van der Waals surface area contributed by atoms with Crippen LogP contribution in [0, 0.1) is 0 Å². The van der Waals surface area contributed by atoms with Crippen molar-refractivity contribution in [2.45, 2.75) is 44.9 Å². The summed E-state index contributed by atoms with van der Waals surface area (Å²) in [4.78, 5) is 22.8. The Labute approximate surface area is 161 Å². The molecule has 1 rings (SSSR count). The Morgan fingerprint density at radius 1 is 0.913 bits per heavy atom. The van der Waals surface area contributed by atoms with Gasteiger partial charge in [-0.2, -0.15) is 0 Å². The fourth-order valence-electron chi connectivity index (χ4n) is 2.12. The van der Waals surface area contributed by atoms with Crippen molar-refractivity contribution in [2.24, 2.45) is 11.6 Å². The van der Waals surface area contributed by atoms with Crippen LogP contribution in [-0.4, -0.2) is 11.8 Å². The topological polar surface area (TPSA) is 89.4 Å². The highest BCUT2D eigenvalue weighted by molar-refractivity contribution is 9.11. The highest BCUT2D eigenvalue weighted by Crippen LogP contribution is 2.36. The summed E-state index contributed by atoms with van der Waals surface area (Å²) in [6.07, 6.45) is 5.27. The number of rotatable bonds is 9. The Morgan fingerprint density at radius 3 is 1.91 bits per heavy atom. The van der Waals surface area contributed by atoms with E-state index in [1.165, 1.54) is 5.01 Å². The van der Waals surface area contributed by atoms with Crippen molar-refractivity contribution in [2.75, 3.05) is 5.01 Å². The van der Waals surface area contributed by atoms with Gasteiger partial charge in [0.05, 0.1) is 5.69 Å². The van der Waals surface area contributed by atoms with Gasteiger partial charge in [0.1, 0.15) is 0 Å². The third-order valence-corrected chi connectivity index (χ3v) is 4.97. The van der Waals surface area contributed by atoms with E-state index in [9.17, 15) is 9.59 Å². The molecule has 1 aromatic carbocycles. The molecular formula is C15H20Br3N3O2. The highest BCUT2D eigenvalue weighted by Gasteiger charge is 2.18. The van der Waals surface area contributed by atoms with Gasteiger partial charge in [0.25, 0.3) is 0 Å². The van der Waals surface area contributed by atoms with Crippen LogP contribution in [0.15, 0.2) is 25.6 Å². The summed E-state index contributed by atoms with van der Waals surface area (Å²) in [6.45, 7) is 0. The first-order valence-corrected chi connectivity index (χ1v) is 9.71. The second-order valence-corrected chi connectivity index (χ2v) is 7.84. The molecule has 0 spiro atoms. The molecule has 0 radical (unpaired) electrons. The third-order valence-electron chi connectivity index (χ3n) is 3.31. The van der Waals surface area contributed by atoms with Crippen LogP contribution in [0.2, 0.25) is 0 Å². The number of benzene rings is 1. The van der Waals surface area contributed by atoms with Crippen molar-refractivity contribution >= 4 is 65.3 Å². The molecule has 0 aliphatic rings. The van der Waals surface area contributed by atoms with Gasteiger partial charge in [-0.15, -0.1) is 0 Å². The van der Waals surface area contributed by atoms with E-state index >= 15 is 0 Å². The number of hydrogen-bond acceptors (Lipinski definition) is 3. The molecule has 0 fully saturated rings. The van der Waals surface area contributed by atoms with Crippen molar-refractivity contribution in [3.8, 4) is 0 Å². The average Bonchev–Trinajstić information content (AvgIpc) is 2.44. The van der Waals surface area contributed by atoms with Gasteiger partial charge in [0.15, 0.2) is 0 Å². The van der Waals surface area contributed by atoms with Gasteiger partial charge >= 0.3 is 0 Å². The number of anilines is 1. The molecule has 2 amide bonds. The predicted molar refractivity (Wildman–Crippen MR) is 103 cm³/mol. The smallest absolute Gasteiger partial charge is 0.241 e. The molecular weight excluding hydrogens is 494 g/mol. The molecule has 0 aromatic heterocycles. The molecule has 0 aliphatic carbocycles. The number of hydrazine groups is 1. The number of carbonyl (C=O) groups excluding carboxylic acids is 2. The largest absolute Gasteiger partial charge is 0.370 e. The van der Waals surface area contributed by atoms with Gasteiger partial charge in [0, 0.05) is 26.3 Å². The molecule has 0 unspecified atom stereocenters. The third kappa shape index (κ3) is 7.32. The lowest BCUT2D eigenvalue weighted by atomic mass is 10.1. The maximum Gasteiger partial charge on any atom is 0.241 e. The van der Waals surface area contributed by atoms with Crippen molar-refractivity contribution in [3.63, 3.8) is 0 Å². The molecule has 0 atom stereocenters. The van der Waals surface area contributed by atoms with E-state index in [1.807, 2.05) is 12.1 Å². The monoisotopic (exact) mass is 511 g/mol. The van der Waals surface area contributed by atoms with Crippen molar-refractivity contribution in [3.05, 3.63) is 25.6 Å². The fraction of sp³-hybridized carbons (Fsp3) is 0.467. The van der Waals surface area contributed by atoms with Crippen molar-refractivity contribution < 1.29 is 9.59 Å². The van der Waals surface area contributed by atoms with E-state index in [0.717, 1.165) is 45.5 Å². The van der Waals surface area contributed by atoms with Crippen molar-refractivity contribution in [1.29, 1.82) is 0 Å². The molecule has 5 nitrogen and oxygen atoms in total. The Hall–Kier alpha value is -0.440. The normalized spacial score (nSPS) is 10.6. The van der Waals surface area contributed by atoms with Gasteiger partial charge in [-0.25, -0.2) is 10.9 Å². The zero-order chi connectivity index (χ0) is 17.4. The van der Waals surface area contributed by atoms with Crippen LogP contribution in [-0.2, 0) is 9.59 Å². The van der Waals surface area contributed by atoms with Gasteiger partial charge < -0.3 is 5.73 Å². The molecule has 0 aliphatic heterocycles. The van der Waals surface area contributed by atoms with E-state index < -0.39 is 0 Å². The number of carbonyl (C=O) groups is 2. The van der Waals surface area contributed by atoms with E-state index in [-0.39, 0.29) is 11.8 Å². The summed E-state index contributed by atoms with van der Waals surface area (Å²) in [6, 6.07) is 3.68. The van der Waals surface area contributed by atoms with Crippen LogP contribution in [0.4, 0.5) is 5.69 Å². The molecule has 128 valence electrons. The lowest BCUT2D eigenvalue weighted by molar-refractivity contribution is -0.119. The maximum absolute atomic E-state index is 12.2. The first-order valence-electron chi connectivity index (χ1n) is 7.33. The molecule has 23 heavy (non-hydrogen) atoms. The zero-order valence-electron chi connectivity index (χ0n) is 12.7. The molecule has 1 aromatic rings. The summed E-state index contributed by atoms with van der Waals surface area (Å²) in [5.41, 5.74) is 5.69. The Kier molecular flexibility index (Phi) is 9.34. The standard InChI is InChI=1S/C15H20Br3N3O2/c16-10-8-11(17)15(12(18)9-10)21(20)14(23)7-5-3-1-2-4-6-13(19)22/h8-9H,1-7,20H2,(H2,19,22). The number of halogens is 3. The lowest BCUT2D eigenvalue weighted by Gasteiger charge is -2.20. The van der Waals surface area contributed by atoms with E-state index in [1.54, 1.807) is 0 Å². The molecule has 0 bridgehead atoms. The van der Waals surface area contributed by atoms with Gasteiger partial charge in [-0.05, 0) is 56.8 Å². The first-order chi connectivity index (χ1) is 10.8. The number of hydrogen-bond donors (Lipinski definition) is 2. The van der Waals surface area contributed by atoms with Gasteiger partial charge in [0.2, 0.25) is 11.8 Å². The van der Waals surface area contributed by atoms with Crippen molar-refractivity contribution in [1.82, 2.24) is 0 Å². The summed E-state index contributed by atoms with van der Waals surface area (Å²) in [5, 5.41) is 1.17. The fourth-order valence-corrected chi connectivity index (χ4v) is 4.76. The van der Waals surface area contributed by atoms with Crippen LogP contribution >= 0.6 is 47.8 Å². The number of primary amides is 1. The minimum atomic E-state index is -0.260. The molecule has 0 saturated carbocycles. The van der Waals surface area contributed by atoms with E-state index in [2.05, 4.69) is 47.8 Å². The quantitative estimate of drug-likeness (QED) is 0.222. The first kappa shape index (κ1) is 20.6. The number of nitrogens with zero attached hydrogens (tertiary/aromatic N) is 1. The SMILES string of the molecule is NC(=O)CCCCCCCC(=O)N(N)c1c(Br)cc(Br)cc1Br. The lowest BCUT2D eigenvalue weighted by Crippen LogP contribution is -2.37. The number of nitrogens with two attached hydrogens (primary N) is 2. The second-order valence-electron chi connectivity index (χ2n) is 5.22. The Balaban J connectivity index is 2.39. The van der Waals surface area contributed by atoms with E-state index in [4.69, 9.17) is 11.6 Å². The van der Waals surface area contributed by atoms with Gasteiger partial charge in [-0.3, -0.25) is 9.59 Å². The van der Waals surface area contributed by atoms with Crippen LogP contribution in [0.25, 0.3) is 0 Å². The number of unbranched alkanes of at least 4 members (excludes halogenated alkanes) is 4. The molecule has 4 N–H and O–H groups in total. The van der Waals surface area contributed by atoms with Crippen LogP contribution in [0.3, 0.4) is 0 Å². The van der Waals surface area contributed by atoms with Crippen LogP contribution in [0.1, 0.15) is 44.9 Å². The maximum atomic E-state index is 12.2. The predicted octanol–water partition coefficient (Wildman–Crippen LogP) is 4.40. The minimum absolute atomic E-state index is 0.133. The Morgan fingerprint density at radius 2 is 1.39 bits per heavy atom. The second kappa shape index (κ2) is 10.4. The van der Waals surface area contributed by atoms with E-state index in [0.29, 0.717) is 18.5 Å². The molecule has 8 heteroatoms. The molecule has 0 heterocycles. The minimum Gasteiger partial charge on any atom is -0.370 e. The van der Waals surface area contributed by atoms with Crippen LogP contribution < -0.4 is 16.6 Å². The van der Waals surface area contributed by atoms with Gasteiger partial charge in [-0.1, -0.05) is 35.2 Å². The Bertz CT molecular complexity index is 544. The molecule has 0 saturated heterocycles. The highest BCUT2D eigenvalue weighted by atomic mass is 79.9. The summed E-state index contributed by atoms with van der Waals surface area (Å²) in [7, 11) is 0. The summed E-state index contributed by atoms with van der Waals surface area (Å²) < 4.78 is 2.36.